The van der Waals surface area contributed by atoms with Gasteiger partial charge in [0, 0.05) is 23.2 Å². The molecule has 2 aromatic carbocycles. The number of fused-ring (bicyclic) bond motifs is 1. The minimum Gasteiger partial charge on any atom is -0.496 e. The number of amides is 2. The van der Waals surface area contributed by atoms with Crippen molar-refractivity contribution in [3.8, 4) is 11.5 Å². The van der Waals surface area contributed by atoms with E-state index in [-0.39, 0.29) is 17.6 Å². The molecule has 0 bridgehead atoms. The largest absolute Gasteiger partial charge is 0.496 e. The lowest BCUT2D eigenvalue weighted by Crippen LogP contribution is -2.22. The van der Waals surface area contributed by atoms with Crippen molar-refractivity contribution in [2.45, 2.75) is 33.1 Å². The number of rotatable bonds is 7. The normalized spacial score (nSPS) is 13.8. The van der Waals surface area contributed by atoms with Crippen LogP contribution in [0.15, 0.2) is 58.0 Å². The number of carbonyl (C=O) groups excluding carboxylic acids is 2. The topological polar surface area (TPSA) is 102 Å². The molecular formula is C26H27N3O5. The standard InChI is InChI=1S/C26H27N3O5/c1-4-33-18-14-12-17(13-15-18)27-26(31)24-16(2)23-20(9-7-11-22(23)34-24)28-29-25(30)19-8-5-6-10-21(19)32-3/h5-6,8,10,12-15H,4,7,9,11H2,1-3H3,(H,27,31)(H,29,30)/b28-20+. The quantitative estimate of drug-likeness (QED) is 0.496. The number of anilines is 1. The van der Waals surface area contributed by atoms with Crippen LogP contribution in [0.2, 0.25) is 0 Å². The molecule has 2 N–H and O–H groups in total. The number of methoxy groups -OCH3 is 1. The molecule has 0 saturated carbocycles. The molecule has 176 valence electrons. The van der Waals surface area contributed by atoms with Gasteiger partial charge < -0.3 is 19.2 Å². The molecule has 3 aromatic rings. The number of hydrogen-bond acceptors (Lipinski definition) is 6. The van der Waals surface area contributed by atoms with Gasteiger partial charge in [0.2, 0.25) is 0 Å². The highest BCUT2D eigenvalue weighted by atomic mass is 16.5. The van der Waals surface area contributed by atoms with Crippen molar-refractivity contribution in [3.63, 3.8) is 0 Å². The van der Waals surface area contributed by atoms with E-state index in [9.17, 15) is 9.59 Å². The number of nitrogens with zero attached hydrogens (tertiary/aromatic N) is 1. The summed E-state index contributed by atoms with van der Waals surface area (Å²) in [5.41, 5.74) is 5.82. The molecule has 0 fully saturated rings. The van der Waals surface area contributed by atoms with E-state index >= 15 is 0 Å². The number of ether oxygens (including phenoxy) is 2. The summed E-state index contributed by atoms with van der Waals surface area (Å²) in [6.45, 7) is 4.32. The third-order valence-corrected chi connectivity index (χ3v) is 5.60. The lowest BCUT2D eigenvalue weighted by Gasteiger charge is -2.14. The van der Waals surface area contributed by atoms with Crippen LogP contribution in [0, 0.1) is 6.92 Å². The van der Waals surface area contributed by atoms with Crippen molar-refractivity contribution >= 4 is 23.2 Å². The zero-order valence-electron chi connectivity index (χ0n) is 19.4. The molecule has 1 aliphatic rings. The van der Waals surface area contributed by atoms with Crippen molar-refractivity contribution in [3.05, 3.63) is 76.7 Å². The van der Waals surface area contributed by atoms with E-state index in [0.29, 0.717) is 53.5 Å². The van der Waals surface area contributed by atoms with E-state index in [1.54, 1.807) is 48.5 Å². The summed E-state index contributed by atoms with van der Waals surface area (Å²) in [7, 11) is 1.51. The van der Waals surface area contributed by atoms with Crippen LogP contribution in [0.5, 0.6) is 11.5 Å². The van der Waals surface area contributed by atoms with Gasteiger partial charge in [-0.3, -0.25) is 9.59 Å². The van der Waals surface area contributed by atoms with Crippen LogP contribution >= 0.6 is 0 Å². The number of para-hydroxylation sites is 1. The fourth-order valence-electron chi connectivity index (χ4n) is 4.00. The first kappa shape index (κ1) is 23.1. The second-order valence-electron chi connectivity index (χ2n) is 7.82. The Morgan fingerprint density at radius 1 is 1.06 bits per heavy atom. The number of hydrogen-bond donors (Lipinski definition) is 2. The minimum absolute atomic E-state index is 0.240. The molecule has 0 aliphatic heterocycles. The molecular weight excluding hydrogens is 434 g/mol. The van der Waals surface area contributed by atoms with Gasteiger partial charge in [-0.05, 0) is 63.1 Å². The maximum Gasteiger partial charge on any atom is 0.291 e. The van der Waals surface area contributed by atoms with Crippen molar-refractivity contribution in [2.24, 2.45) is 5.10 Å². The van der Waals surface area contributed by atoms with Crippen molar-refractivity contribution < 1.29 is 23.5 Å². The van der Waals surface area contributed by atoms with E-state index in [0.717, 1.165) is 17.7 Å². The van der Waals surface area contributed by atoms with Crippen molar-refractivity contribution in [1.29, 1.82) is 0 Å². The van der Waals surface area contributed by atoms with Gasteiger partial charge in [-0.2, -0.15) is 5.10 Å². The highest BCUT2D eigenvalue weighted by Gasteiger charge is 2.28. The molecule has 0 unspecified atom stereocenters. The average Bonchev–Trinajstić information content (AvgIpc) is 3.21. The molecule has 34 heavy (non-hydrogen) atoms. The molecule has 0 atom stereocenters. The zero-order chi connectivity index (χ0) is 24.1. The summed E-state index contributed by atoms with van der Waals surface area (Å²) in [5, 5.41) is 7.24. The van der Waals surface area contributed by atoms with E-state index in [1.165, 1.54) is 7.11 Å². The maximum atomic E-state index is 12.9. The van der Waals surface area contributed by atoms with Gasteiger partial charge in [-0.1, -0.05) is 12.1 Å². The molecule has 0 saturated heterocycles. The fraction of sp³-hybridized carbons (Fsp3) is 0.269. The van der Waals surface area contributed by atoms with Gasteiger partial charge >= 0.3 is 0 Å². The summed E-state index contributed by atoms with van der Waals surface area (Å²) in [6, 6.07) is 14.1. The predicted molar refractivity (Wildman–Crippen MR) is 129 cm³/mol. The maximum absolute atomic E-state index is 12.9. The van der Waals surface area contributed by atoms with Crippen LogP contribution in [0.1, 0.15) is 57.6 Å². The number of hydrazone groups is 1. The highest BCUT2D eigenvalue weighted by molar-refractivity contribution is 6.09. The van der Waals surface area contributed by atoms with E-state index in [2.05, 4.69) is 15.8 Å². The lowest BCUT2D eigenvalue weighted by atomic mass is 9.93. The number of benzene rings is 2. The Kier molecular flexibility index (Phi) is 6.96. The third kappa shape index (κ3) is 4.80. The molecule has 4 rings (SSSR count). The Labute approximate surface area is 197 Å². The summed E-state index contributed by atoms with van der Waals surface area (Å²) < 4.78 is 16.6. The Morgan fingerprint density at radius 3 is 2.56 bits per heavy atom. The molecule has 1 heterocycles. The summed E-state index contributed by atoms with van der Waals surface area (Å²) in [5.74, 6) is 1.44. The molecule has 8 nitrogen and oxygen atoms in total. The molecule has 1 aliphatic carbocycles. The van der Waals surface area contributed by atoms with Crippen LogP contribution in [-0.4, -0.2) is 31.2 Å². The molecule has 2 amide bonds. The Morgan fingerprint density at radius 2 is 1.82 bits per heavy atom. The van der Waals surface area contributed by atoms with E-state index < -0.39 is 0 Å². The smallest absolute Gasteiger partial charge is 0.291 e. The number of nitrogens with one attached hydrogen (secondary N) is 2. The lowest BCUT2D eigenvalue weighted by molar-refractivity contribution is 0.0950. The first-order valence-electron chi connectivity index (χ1n) is 11.2. The van der Waals surface area contributed by atoms with Crippen LogP contribution in [0.3, 0.4) is 0 Å². The Bertz CT molecular complexity index is 1230. The molecule has 0 spiro atoms. The van der Waals surface area contributed by atoms with Crippen molar-refractivity contribution in [1.82, 2.24) is 5.43 Å². The third-order valence-electron chi connectivity index (χ3n) is 5.60. The first-order valence-corrected chi connectivity index (χ1v) is 11.2. The van der Waals surface area contributed by atoms with Gasteiger partial charge in [-0.25, -0.2) is 5.43 Å². The summed E-state index contributed by atoms with van der Waals surface area (Å²) in [6.07, 6.45) is 2.18. The summed E-state index contributed by atoms with van der Waals surface area (Å²) >= 11 is 0. The van der Waals surface area contributed by atoms with Crippen LogP contribution in [0.25, 0.3) is 0 Å². The van der Waals surface area contributed by atoms with E-state index in [1.807, 2.05) is 13.8 Å². The summed E-state index contributed by atoms with van der Waals surface area (Å²) in [4.78, 5) is 25.6. The van der Waals surface area contributed by atoms with Crippen LogP contribution in [-0.2, 0) is 6.42 Å². The van der Waals surface area contributed by atoms with Gasteiger partial charge in [0.1, 0.15) is 17.3 Å². The second kappa shape index (κ2) is 10.2. The SMILES string of the molecule is CCOc1ccc(NC(=O)c2oc3c(c2C)/C(=N/NC(=O)c2ccccc2OC)CCC3)cc1. The highest BCUT2D eigenvalue weighted by Crippen LogP contribution is 2.30. The predicted octanol–water partition coefficient (Wildman–Crippen LogP) is 4.72. The second-order valence-corrected chi connectivity index (χ2v) is 7.82. The fourth-order valence-corrected chi connectivity index (χ4v) is 4.00. The van der Waals surface area contributed by atoms with Gasteiger partial charge in [0.05, 0.1) is 25.0 Å². The molecule has 0 radical (unpaired) electrons. The van der Waals surface area contributed by atoms with Gasteiger partial charge in [-0.15, -0.1) is 0 Å². The number of aryl methyl sites for hydroxylation is 1. The van der Waals surface area contributed by atoms with Gasteiger partial charge in [0.15, 0.2) is 5.76 Å². The Balaban J connectivity index is 1.53. The number of furan rings is 1. The zero-order valence-corrected chi connectivity index (χ0v) is 19.4. The first-order chi connectivity index (χ1) is 16.5. The van der Waals surface area contributed by atoms with Crippen LogP contribution in [0.4, 0.5) is 5.69 Å². The minimum atomic E-state index is -0.369. The number of carbonyl (C=O) groups is 2. The molecule has 8 heteroatoms. The molecule has 1 aromatic heterocycles. The van der Waals surface area contributed by atoms with Crippen LogP contribution < -0.4 is 20.2 Å². The average molecular weight is 462 g/mol. The van der Waals surface area contributed by atoms with E-state index in [4.69, 9.17) is 13.9 Å². The van der Waals surface area contributed by atoms with Crippen molar-refractivity contribution in [2.75, 3.05) is 19.0 Å². The monoisotopic (exact) mass is 461 g/mol. The van der Waals surface area contributed by atoms with Gasteiger partial charge in [0.25, 0.3) is 11.8 Å². The Hall–Kier alpha value is -4.07.